The predicted octanol–water partition coefficient (Wildman–Crippen LogP) is 0.108. The maximum Gasteiger partial charge on any atom is 0.153 e. The molecule has 0 fully saturated rings. The van der Waals surface area contributed by atoms with E-state index in [1.807, 2.05) is 0 Å². The molecule has 1 rings (SSSR count). The molecule has 0 aliphatic heterocycles. The van der Waals surface area contributed by atoms with Crippen LogP contribution in [0, 0.1) is 0 Å². The average molecular weight is 232 g/mol. The molecule has 84 valence electrons. The van der Waals surface area contributed by atoms with Crippen molar-refractivity contribution in [2.45, 2.75) is 0 Å². The Morgan fingerprint density at radius 2 is 1.87 bits per heavy atom. The number of nitrogens with two attached hydrogens (primary N) is 1. The molecular weight excluding hydrogens is 218 g/mol. The van der Waals surface area contributed by atoms with E-state index >= 15 is 0 Å². The molecule has 0 saturated heterocycles. The molecular formula is C9H14ClN3O2. The highest BCUT2D eigenvalue weighted by molar-refractivity contribution is 6.29. The highest BCUT2D eigenvalue weighted by atomic mass is 35.5. The van der Waals surface area contributed by atoms with Gasteiger partial charge in [-0.1, -0.05) is 11.6 Å². The zero-order chi connectivity index (χ0) is 11.3. The number of hydrogen-bond donors (Lipinski definition) is 3. The van der Waals surface area contributed by atoms with Gasteiger partial charge in [0, 0.05) is 13.1 Å². The molecule has 4 N–H and O–H groups in total. The number of nitrogens with zero attached hydrogens (tertiary/aromatic N) is 2. The highest BCUT2D eigenvalue weighted by Gasteiger charge is 2.10. The largest absolute Gasteiger partial charge is 0.396 e. The minimum absolute atomic E-state index is 0.0341. The fourth-order valence-corrected chi connectivity index (χ4v) is 1.40. The molecule has 0 radical (unpaired) electrons. The Morgan fingerprint density at radius 3 is 2.40 bits per heavy atom. The first-order chi connectivity index (χ1) is 7.19. The molecule has 0 bridgehead atoms. The van der Waals surface area contributed by atoms with Crippen LogP contribution in [-0.2, 0) is 0 Å². The highest BCUT2D eigenvalue weighted by Crippen LogP contribution is 2.22. The molecule has 0 aromatic carbocycles. The topological polar surface area (TPSA) is 82.6 Å². The maximum absolute atomic E-state index is 8.86. The summed E-state index contributed by atoms with van der Waals surface area (Å²) in [6.07, 6.45) is 0. The summed E-state index contributed by atoms with van der Waals surface area (Å²) in [6, 6.07) is 3.24. The Kier molecular flexibility index (Phi) is 4.61. The summed E-state index contributed by atoms with van der Waals surface area (Å²) in [6.45, 7) is 0.650. The average Bonchev–Trinajstić information content (AvgIpc) is 2.21. The van der Waals surface area contributed by atoms with Crippen molar-refractivity contribution in [1.29, 1.82) is 0 Å². The van der Waals surface area contributed by atoms with Gasteiger partial charge in [0.1, 0.15) is 5.15 Å². The summed E-state index contributed by atoms with van der Waals surface area (Å²) < 4.78 is 0. The number of anilines is 2. The number of rotatable bonds is 5. The Morgan fingerprint density at radius 1 is 1.27 bits per heavy atom. The third kappa shape index (κ3) is 3.23. The van der Waals surface area contributed by atoms with E-state index in [1.54, 1.807) is 17.0 Å². The lowest BCUT2D eigenvalue weighted by atomic mass is 10.3. The number of aliphatic hydroxyl groups excluding tert-OH is 2. The van der Waals surface area contributed by atoms with Gasteiger partial charge in [-0.3, -0.25) is 0 Å². The maximum atomic E-state index is 8.86. The molecule has 1 aromatic rings. The molecule has 0 saturated carbocycles. The van der Waals surface area contributed by atoms with Crippen LogP contribution in [0.3, 0.4) is 0 Å². The summed E-state index contributed by atoms with van der Waals surface area (Å²) in [5.41, 5.74) is 6.20. The number of pyridine rings is 1. The Hall–Kier alpha value is -1.04. The van der Waals surface area contributed by atoms with Gasteiger partial charge in [-0.05, 0) is 12.1 Å². The summed E-state index contributed by atoms with van der Waals surface area (Å²) in [7, 11) is 0. The number of aromatic nitrogens is 1. The molecule has 0 spiro atoms. The summed E-state index contributed by atoms with van der Waals surface area (Å²) >= 11 is 5.74. The molecule has 5 nitrogen and oxygen atoms in total. The van der Waals surface area contributed by atoms with Crippen molar-refractivity contribution in [3.63, 3.8) is 0 Å². The van der Waals surface area contributed by atoms with Crippen LogP contribution in [-0.4, -0.2) is 41.5 Å². The molecule has 0 aliphatic rings. The van der Waals surface area contributed by atoms with Gasteiger partial charge in [0.05, 0.1) is 18.9 Å². The van der Waals surface area contributed by atoms with E-state index in [-0.39, 0.29) is 13.2 Å². The second kappa shape index (κ2) is 5.75. The van der Waals surface area contributed by atoms with Crippen LogP contribution >= 0.6 is 11.6 Å². The van der Waals surface area contributed by atoms with E-state index in [0.29, 0.717) is 29.7 Å². The Balaban J connectivity index is 2.93. The van der Waals surface area contributed by atoms with Gasteiger partial charge in [0.15, 0.2) is 5.82 Å². The van der Waals surface area contributed by atoms with Crippen molar-refractivity contribution >= 4 is 23.1 Å². The fourth-order valence-electron chi connectivity index (χ4n) is 1.25. The lowest BCUT2D eigenvalue weighted by Crippen LogP contribution is -2.31. The molecule has 15 heavy (non-hydrogen) atoms. The number of hydrogen-bond acceptors (Lipinski definition) is 5. The normalized spacial score (nSPS) is 10.3. The third-order valence-corrected chi connectivity index (χ3v) is 2.12. The second-order valence-electron chi connectivity index (χ2n) is 2.98. The predicted molar refractivity (Wildman–Crippen MR) is 60.0 cm³/mol. The summed E-state index contributed by atoms with van der Waals surface area (Å²) in [5.74, 6) is 0.491. The number of halogens is 1. The van der Waals surface area contributed by atoms with Crippen LogP contribution in [0.15, 0.2) is 12.1 Å². The van der Waals surface area contributed by atoms with Crippen molar-refractivity contribution in [1.82, 2.24) is 4.98 Å². The molecule has 0 amide bonds. The van der Waals surface area contributed by atoms with E-state index in [4.69, 9.17) is 27.5 Å². The van der Waals surface area contributed by atoms with Gasteiger partial charge in [-0.25, -0.2) is 4.98 Å². The quantitative estimate of drug-likeness (QED) is 0.627. The van der Waals surface area contributed by atoms with Crippen LogP contribution in [0.2, 0.25) is 5.15 Å². The molecule has 6 heteroatoms. The molecule has 0 atom stereocenters. The monoisotopic (exact) mass is 231 g/mol. The molecule has 1 heterocycles. The molecule has 0 unspecified atom stereocenters. The van der Waals surface area contributed by atoms with Crippen LogP contribution in [0.5, 0.6) is 0 Å². The minimum Gasteiger partial charge on any atom is -0.396 e. The summed E-state index contributed by atoms with van der Waals surface area (Å²) in [4.78, 5) is 5.74. The van der Waals surface area contributed by atoms with Gasteiger partial charge in [-0.2, -0.15) is 0 Å². The number of aliphatic hydroxyl groups is 2. The lowest BCUT2D eigenvalue weighted by molar-refractivity contribution is 0.281. The van der Waals surface area contributed by atoms with E-state index in [9.17, 15) is 0 Å². The van der Waals surface area contributed by atoms with Crippen molar-refractivity contribution in [2.24, 2.45) is 0 Å². The SMILES string of the molecule is Nc1ccc(Cl)nc1N(CCO)CCO. The van der Waals surface area contributed by atoms with Gasteiger partial charge in [0.25, 0.3) is 0 Å². The van der Waals surface area contributed by atoms with Gasteiger partial charge < -0.3 is 20.8 Å². The Bertz CT molecular complexity index is 316. The summed E-state index contributed by atoms with van der Waals surface area (Å²) in [5, 5.41) is 18.1. The minimum atomic E-state index is -0.0341. The van der Waals surface area contributed by atoms with Gasteiger partial charge >= 0.3 is 0 Å². The third-order valence-electron chi connectivity index (χ3n) is 1.91. The fraction of sp³-hybridized carbons (Fsp3) is 0.444. The standard InChI is InChI=1S/C9H14ClN3O2/c10-8-2-1-7(11)9(12-8)13(3-5-14)4-6-15/h1-2,14-15H,3-6,11H2. The zero-order valence-electron chi connectivity index (χ0n) is 8.23. The number of nitrogen functional groups attached to an aromatic ring is 1. The first-order valence-corrected chi connectivity index (χ1v) is 4.95. The lowest BCUT2D eigenvalue weighted by Gasteiger charge is -2.23. The molecule has 1 aromatic heterocycles. The van der Waals surface area contributed by atoms with Crippen molar-refractivity contribution < 1.29 is 10.2 Å². The van der Waals surface area contributed by atoms with Crippen molar-refractivity contribution in [3.05, 3.63) is 17.3 Å². The molecule has 0 aliphatic carbocycles. The second-order valence-corrected chi connectivity index (χ2v) is 3.37. The van der Waals surface area contributed by atoms with Crippen LogP contribution in [0.1, 0.15) is 0 Å². The smallest absolute Gasteiger partial charge is 0.153 e. The van der Waals surface area contributed by atoms with E-state index < -0.39 is 0 Å². The van der Waals surface area contributed by atoms with Gasteiger partial charge in [-0.15, -0.1) is 0 Å². The van der Waals surface area contributed by atoms with Crippen molar-refractivity contribution in [2.75, 3.05) is 36.9 Å². The van der Waals surface area contributed by atoms with Crippen LogP contribution < -0.4 is 10.6 Å². The van der Waals surface area contributed by atoms with E-state index in [2.05, 4.69) is 4.98 Å². The first kappa shape index (κ1) is 12.0. The van der Waals surface area contributed by atoms with E-state index in [1.165, 1.54) is 0 Å². The van der Waals surface area contributed by atoms with Gasteiger partial charge in [0.2, 0.25) is 0 Å². The van der Waals surface area contributed by atoms with Crippen molar-refractivity contribution in [3.8, 4) is 0 Å². The van der Waals surface area contributed by atoms with Crippen LogP contribution in [0.25, 0.3) is 0 Å². The van der Waals surface area contributed by atoms with Crippen LogP contribution in [0.4, 0.5) is 11.5 Å². The van der Waals surface area contributed by atoms with E-state index in [0.717, 1.165) is 0 Å². The Labute approximate surface area is 93.1 Å². The first-order valence-electron chi connectivity index (χ1n) is 4.57. The zero-order valence-corrected chi connectivity index (χ0v) is 8.98.